The number of aliphatic imine (C=N–C) groups is 1. The Bertz CT molecular complexity index is 217. The average molecular weight is 225 g/mol. The van der Waals surface area contributed by atoms with Crippen molar-refractivity contribution in [1.29, 1.82) is 0 Å². The van der Waals surface area contributed by atoms with Gasteiger partial charge in [-0.2, -0.15) is 0 Å². The van der Waals surface area contributed by atoms with Crippen LogP contribution >= 0.6 is 0 Å². The molecule has 0 bridgehead atoms. The Labute approximate surface area is 100 Å². The summed E-state index contributed by atoms with van der Waals surface area (Å²) in [5.74, 6) is 1.82. The van der Waals surface area contributed by atoms with Crippen LogP contribution < -0.4 is 0 Å². The van der Waals surface area contributed by atoms with Crippen LogP contribution in [0.15, 0.2) is 4.99 Å². The van der Waals surface area contributed by atoms with Crippen LogP contribution in [0.25, 0.3) is 0 Å². The average Bonchev–Trinajstić information content (AvgIpc) is 2.69. The molecule has 0 amide bonds. The van der Waals surface area contributed by atoms with Gasteiger partial charge in [-0.15, -0.1) is 0 Å². The minimum absolute atomic E-state index is 0.305. The standard InChI is InChI=1S/C14H27NO/c1-5-12(4)16-14(15-11(2)3)10-13-8-6-7-9-13/h11-13H,5-10H2,1-4H3. The maximum atomic E-state index is 5.92. The number of ether oxygens (including phenoxy) is 1. The van der Waals surface area contributed by atoms with Crippen LogP contribution in [0.5, 0.6) is 0 Å². The van der Waals surface area contributed by atoms with Gasteiger partial charge in [-0.05, 0) is 46.0 Å². The SMILES string of the molecule is CCC(C)OC(CC1CCCC1)=NC(C)C. The maximum absolute atomic E-state index is 5.92. The lowest BCUT2D eigenvalue weighted by molar-refractivity contribution is 0.192. The molecule has 0 aromatic rings. The summed E-state index contributed by atoms with van der Waals surface area (Å²) in [5.41, 5.74) is 0. The molecule has 1 rings (SSSR count). The normalized spacial score (nSPS) is 20.4. The van der Waals surface area contributed by atoms with Crippen molar-refractivity contribution in [2.45, 2.75) is 78.4 Å². The second-order valence-electron chi connectivity index (χ2n) is 5.31. The second-order valence-corrected chi connectivity index (χ2v) is 5.31. The zero-order valence-electron chi connectivity index (χ0n) is 11.3. The molecule has 16 heavy (non-hydrogen) atoms. The highest BCUT2D eigenvalue weighted by atomic mass is 16.5. The molecule has 0 aromatic carbocycles. The molecule has 1 saturated carbocycles. The number of nitrogens with zero attached hydrogens (tertiary/aromatic N) is 1. The summed E-state index contributed by atoms with van der Waals surface area (Å²) in [6.07, 6.45) is 7.93. The Balaban J connectivity index is 2.49. The van der Waals surface area contributed by atoms with Gasteiger partial charge in [-0.1, -0.05) is 19.8 Å². The highest BCUT2D eigenvalue weighted by Crippen LogP contribution is 2.28. The van der Waals surface area contributed by atoms with Gasteiger partial charge in [0, 0.05) is 12.5 Å². The molecular weight excluding hydrogens is 198 g/mol. The highest BCUT2D eigenvalue weighted by molar-refractivity contribution is 5.76. The molecule has 1 atom stereocenters. The van der Waals surface area contributed by atoms with Gasteiger partial charge in [-0.25, -0.2) is 0 Å². The van der Waals surface area contributed by atoms with E-state index in [1.54, 1.807) is 0 Å². The van der Waals surface area contributed by atoms with Crippen molar-refractivity contribution in [3.63, 3.8) is 0 Å². The monoisotopic (exact) mass is 225 g/mol. The fraction of sp³-hybridized carbons (Fsp3) is 0.929. The summed E-state index contributed by atoms with van der Waals surface area (Å²) in [6.45, 7) is 8.53. The molecule has 0 spiro atoms. The maximum Gasteiger partial charge on any atom is 0.183 e. The molecule has 0 heterocycles. The van der Waals surface area contributed by atoms with Gasteiger partial charge < -0.3 is 4.74 Å². The molecule has 0 aromatic heterocycles. The van der Waals surface area contributed by atoms with Crippen LogP contribution in [0.1, 0.15) is 66.2 Å². The fourth-order valence-electron chi connectivity index (χ4n) is 2.20. The van der Waals surface area contributed by atoms with E-state index in [0.29, 0.717) is 12.1 Å². The van der Waals surface area contributed by atoms with Gasteiger partial charge in [-0.3, -0.25) is 4.99 Å². The van der Waals surface area contributed by atoms with E-state index < -0.39 is 0 Å². The van der Waals surface area contributed by atoms with Gasteiger partial charge in [0.25, 0.3) is 0 Å². The third-order valence-electron chi connectivity index (χ3n) is 3.25. The fourth-order valence-corrected chi connectivity index (χ4v) is 2.20. The molecule has 94 valence electrons. The molecule has 0 saturated heterocycles. The van der Waals surface area contributed by atoms with E-state index in [9.17, 15) is 0 Å². The van der Waals surface area contributed by atoms with Crippen LogP contribution in [0.2, 0.25) is 0 Å². The molecule has 1 unspecified atom stereocenters. The highest BCUT2D eigenvalue weighted by Gasteiger charge is 2.19. The summed E-state index contributed by atoms with van der Waals surface area (Å²) < 4.78 is 5.92. The van der Waals surface area contributed by atoms with Crippen molar-refractivity contribution >= 4 is 5.90 Å². The number of hydrogen-bond acceptors (Lipinski definition) is 2. The van der Waals surface area contributed by atoms with E-state index in [4.69, 9.17) is 4.74 Å². The summed E-state index contributed by atoms with van der Waals surface area (Å²) in [7, 11) is 0. The first kappa shape index (κ1) is 13.5. The summed E-state index contributed by atoms with van der Waals surface area (Å²) >= 11 is 0. The number of hydrogen-bond donors (Lipinski definition) is 0. The molecule has 1 aliphatic carbocycles. The summed E-state index contributed by atoms with van der Waals surface area (Å²) in [4.78, 5) is 4.62. The second kappa shape index (κ2) is 6.93. The van der Waals surface area contributed by atoms with E-state index in [0.717, 1.165) is 24.7 Å². The molecular formula is C14H27NO. The third kappa shape index (κ3) is 5.00. The van der Waals surface area contributed by atoms with Crippen molar-refractivity contribution in [2.75, 3.05) is 0 Å². The van der Waals surface area contributed by atoms with Crippen molar-refractivity contribution in [2.24, 2.45) is 10.9 Å². The van der Waals surface area contributed by atoms with Crippen LogP contribution in [0, 0.1) is 5.92 Å². The Morgan fingerprint density at radius 2 is 1.88 bits per heavy atom. The molecule has 1 aliphatic rings. The van der Waals surface area contributed by atoms with E-state index in [2.05, 4.69) is 32.7 Å². The lowest BCUT2D eigenvalue weighted by atomic mass is 10.0. The lowest BCUT2D eigenvalue weighted by Gasteiger charge is -2.18. The molecule has 2 heteroatoms. The molecule has 0 aliphatic heterocycles. The summed E-state index contributed by atoms with van der Waals surface area (Å²) in [6, 6.07) is 0.348. The quantitative estimate of drug-likeness (QED) is 0.508. The predicted octanol–water partition coefficient (Wildman–Crippen LogP) is 4.19. The summed E-state index contributed by atoms with van der Waals surface area (Å²) in [5, 5.41) is 0. The lowest BCUT2D eigenvalue weighted by Crippen LogP contribution is -2.18. The molecule has 2 nitrogen and oxygen atoms in total. The van der Waals surface area contributed by atoms with Gasteiger partial charge in [0.1, 0.15) is 0 Å². The smallest absolute Gasteiger partial charge is 0.183 e. The van der Waals surface area contributed by atoms with Crippen LogP contribution in [-0.2, 0) is 4.74 Å². The van der Waals surface area contributed by atoms with Crippen molar-refractivity contribution in [1.82, 2.24) is 0 Å². The van der Waals surface area contributed by atoms with Crippen molar-refractivity contribution in [3.05, 3.63) is 0 Å². The first-order valence-electron chi connectivity index (χ1n) is 6.85. The topological polar surface area (TPSA) is 21.6 Å². The van der Waals surface area contributed by atoms with Crippen LogP contribution in [0.3, 0.4) is 0 Å². The van der Waals surface area contributed by atoms with Crippen LogP contribution in [-0.4, -0.2) is 18.0 Å². The van der Waals surface area contributed by atoms with Gasteiger partial charge >= 0.3 is 0 Å². The molecule has 0 N–H and O–H groups in total. The number of rotatable bonds is 5. The van der Waals surface area contributed by atoms with Crippen molar-refractivity contribution in [3.8, 4) is 0 Å². The van der Waals surface area contributed by atoms with E-state index in [-0.39, 0.29) is 0 Å². The van der Waals surface area contributed by atoms with Crippen molar-refractivity contribution < 1.29 is 4.74 Å². The van der Waals surface area contributed by atoms with E-state index >= 15 is 0 Å². The Morgan fingerprint density at radius 1 is 1.25 bits per heavy atom. The molecule has 0 radical (unpaired) electrons. The first-order chi connectivity index (χ1) is 7.61. The van der Waals surface area contributed by atoms with E-state index in [1.165, 1.54) is 25.7 Å². The van der Waals surface area contributed by atoms with Gasteiger partial charge in [0.15, 0.2) is 5.90 Å². The zero-order chi connectivity index (χ0) is 12.0. The van der Waals surface area contributed by atoms with E-state index in [1.807, 2.05) is 0 Å². The van der Waals surface area contributed by atoms with Gasteiger partial charge in [0.2, 0.25) is 0 Å². The first-order valence-corrected chi connectivity index (χ1v) is 6.85. The minimum Gasteiger partial charge on any atom is -0.478 e. The largest absolute Gasteiger partial charge is 0.478 e. The van der Waals surface area contributed by atoms with Crippen LogP contribution in [0.4, 0.5) is 0 Å². The Morgan fingerprint density at radius 3 is 2.38 bits per heavy atom. The Hall–Kier alpha value is -0.530. The zero-order valence-corrected chi connectivity index (χ0v) is 11.3. The van der Waals surface area contributed by atoms with Gasteiger partial charge in [0.05, 0.1) is 6.10 Å². The Kier molecular flexibility index (Phi) is 5.86. The predicted molar refractivity (Wildman–Crippen MR) is 70.0 cm³/mol. The minimum atomic E-state index is 0.305. The third-order valence-corrected chi connectivity index (χ3v) is 3.25. The molecule has 1 fully saturated rings.